The number of benzene rings is 1. The zero-order valence-electron chi connectivity index (χ0n) is 10.5. The molecule has 0 saturated carbocycles. The standard InChI is InChI=1S/C13H11BrClN3O2/c1-19-7-2-3-10(9(14)6-7)20-13-11(15)8(12(16)17)4-5-18-13/h2-6H,1H3,(H3,16,17). The van der Waals surface area contributed by atoms with Gasteiger partial charge in [-0.2, -0.15) is 0 Å². The van der Waals surface area contributed by atoms with Crippen molar-refractivity contribution in [2.24, 2.45) is 5.73 Å². The molecule has 5 nitrogen and oxygen atoms in total. The third-order valence-corrected chi connectivity index (χ3v) is 3.48. The van der Waals surface area contributed by atoms with E-state index in [1.54, 1.807) is 31.4 Å². The molecule has 1 aromatic carbocycles. The number of hydrogen-bond acceptors (Lipinski definition) is 4. The van der Waals surface area contributed by atoms with Crippen molar-refractivity contribution in [1.82, 2.24) is 4.98 Å². The van der Waals surface area contributed by atoms with E-state index in [1.807, 2.05) is 0 Å². The van der Waals surface area contributed by atoms with Crippen LogP contribution in [-0.4, -0.2) is 17.9 Å². The van der Waals surface area contributed by atoms with Gasteiger partial charge < -0.3 is 15.2 Å². The molecule has 0 spiro atoms. The van der Waals surface area contributed by atoms with Crippen molar-refractivity contribution in [3.63, 3.8) is 0 Å². The fraction of sp³-hybridized carbons (Fsp3) is 0.0769. The Morgan fingerprint density at radius 3 is 2.75 bits per heavy atom. The second-order valence-electron chi connectivity index (χ2n) is 3.79. The van der Waals surface area contributed by atoms with Crippen LogP contribution in [0.15, 0.2) is 34.9 Å². The highest BCUT2D eigenvalue weighted by Gasteiger charge is 2.13. The summed E-state index contributed by atoms with van der Waals surface area (Å²) in [5.74, 6) is 1.27. The van der Waals surface area contributed by atoms with E-state index in [0.717, 1.165) is 0 Å². The molecule has 0 amide bonds. The van der Waals surface area contributed by atoms with E-state index in [9.17, 15) is 0 Å². The fourth-order valence-electron chi connectivity index (χ4n) is 1.50. The first-order chi connectivity index (χ1) is 9.52. The maximum absolute atomic E-state index is 7.43. The minimum Gasteiger partial charge on any atom is -0.497 e. The van der Waals surface area contributed by atoms with Crippen LogP contribution < -0.4 is 15.2 Å². The number of amidine groups is 1. The molecular weight excluding hydrogens is 346 g/mol. The fourth-order valence-corrected chi connectivity index (χ4v) is 2.19. The number of nitrogens with two attached hydrogens (primary N) is 1. The van der Waals surface area contributed by atoms with Crippen LogP contribution in [0, 0.1) is 5.41 Å². The van der Waals surface area contributed by atoms with Gasteiger partial charge >= 0.3 is 0 Å². The Morgan fingerprint density at radius 1 is 1.40 bits per heavy atom. The Hall–Kier alpha value is -1.79. The molecule has 3 N–H and O–H groups in total. The summed E-state index contributed by atoms with van der Waals surface area (Å²) in [6, 6.07) is 6.79. The van der Waals surface area contributed by atoms with Crippen molar-refractivity contribution >= 4 is 33.4 Å². The lowest BCUT2D eigenvalue weighted by atomic mass is 10.2. The molecule has 0 radical (unpaired) electrons. The molecule has 20 heavy (non-hydrogen) atoms. The molecular formula is C13H11BrClN3O2. The molecule has 0 fully saturated rings. The highest BCUT2D eigenvalue weighted by molar-refractivity contribution is 9.10. The summed E-state index contributed by atoms with van der Waals surface area (Å²) in [7, 11) is 1.58. The summed E-state index contributed by atoms with van der Waals surface area (Å²) in [6.07, 6.45) is 1.48. The van der Waals surface area contributed by atoms with Crippen molar-refractivity contribution in [2.45, 2.75) is 0 Å². The van der Waals surface area contributed by atoms with Gasteiger partial charge in [0.05, 0.1) is 11.6 Å². The van der Waals surface area contributed by atoms with Crippen LogP contribution in [0.25, 0.3) is 0 Å². The summed E-state index contributed by atoms with van der Waals surface area (Å²) in [5.41, 5.74) is 5.81. The van der Waals surface area contributed by atoms with Gasteiger partial charge in [0.15, 0.2) is 0 Å². The van der Waals surface area contributed by atoms with Gasteiger partial charge in [-0.3, -0.25) is 5.41 Å². The Kier molecular flexibility index (Phi) is 4.46. The predicted molar refractivity (Wildman–Crippen MR) is 81.0 cm³/mol. The largest absolute Gasteiger partial charge is 0.497 e. The molecule has 104 valence electrons. The Morgan fingerprint density at radius 2 is 2.15 bits per heavy atom. The number of aromatic nitrogens is 1. The number of methoxy groups -OCH3 is 1. The van der Waals surface area contributed by atoms with Gasteiger partial charge in [0.2, 0.25) is 5.88 Å². The average Bonchev–Trinajstić information content (AvgIpc) is 2.42. The summed E-state index contributed by atoms with van der Waals surface area (Å²) < 4.78 is 11.4. The van der Waals surface area contributed by atoms with Crippen LogP contribution in [0.1, 0.15) is 5.56 Å². The minimum atomic E-state index is -0.143. The van der Waals surface area contributed by atoms with Crippen molar-refractivity contribution < 1.29 is 9.47 Å². The topological polar surface area (TPSA) is 81.2 Å². The summed E-state index contributed by atoms with van der Waals surface area (Å²) in [4.78, 5) is 4.04. The van der Waals surface area contributed by atoms with Crippen molar-refractivity contribution in [2.75, 3.05) is 7.11 Å². The monoisotopic (exact) mass is 355 g/mol. The lowest BCUT2D eigenvalue weighted by molar-refractivity contribution is 0.411. The van der Waals surface area contributed by atoms with Gasteiger partial charge in [0.1, 0.15) is 22.4 Å². The number of rotatable bonds is 4. The van der Waals surface area contributed by atoms with Gasteiger partial charge in [-0.05, 0) is 40.2 Å². The SMILES string of the molecule is COc1ccc(Oc2nccc(C(=N)N)c2Cl)c(Br)c1. The number of pyridine rings is 1. The van der Waals surface area contributed by atoms with Crippen molar-refractivity contribution in [3.8, 4) is 17.4 Å². The molecule has 0 atom stereocenters. The van der Waals surface area contributed by atoms with E-state index in [0.29, 0.717) is 21.5 Å². The number of nitrogen functional groups attached to an aromatic ring is 1. The molecule has 2 rings (SSSR count). The summed E-state index contributed by atoms with van der Waals surface area (Å²) in [5, 5.41) is 7.63. The second kappa shape index (κ2) is 6.11. The van der Waals surface area contributed by atoms with Gasteiger partial charge in [0, 0.05) is 11.8 Å². The van der Waals surface area contributed by atoms with E-state index in [2.05, 4.69) is 20.9 Å². The molecule has 0 saturated heterocycles. The Labute approximate surface area is 129 Å². The van der Waals surface area contributed by atoms with E-state index < -0.39 is 0 Å². The van der Waals surface area contributed by atoms with E-state index >= 15 is 0 Å². The van der Waals surface area contributed by atoms with E-state index in [1.165, 1.54) is 6.20 Å². The maximum Gasteiger partial charge on any atom is 0.238 e. The van der Waals surface area contributed by atoms with Crippen LogP contribution >= 0.6 is 27.5 Å². The average molecular weight is 357 g/mol. The zero-order valence-corrected chi connectivity index (χ0v) is 12.8. The van der Waals surface area contributed by atoms with Gasteiger partial charge in [0.25, 0.3) is 0 Å². The highest BCUT2D eigenvalue weighted by atomic mass is 79.9. The van der Waals surface area contributed by atoms with Gasteiger partial charge in [-0.1, -0.05) is 11.6 Å². The van der Waals surface area contributed by atoms with Gasteiger partial charge in [-0.25, -0.2) is 4.98 Å². The maximum atomic E-state index is 7.43. The number of halogens is 2. The van der Waals surface area contributed by atoms with Crippen LogP contribution in [0.4, 0.5) is 0 Å². The van der Waals surface area contributed by atoms with Crippen molar-refractivity contribution in [3.05, 3.63) is 45.5 Å². The molecule has 0 aliphatic rings. The number of nitrogens with zero attached hydrogens (tertiary/aromatic N) is 1. The summed E-state index contributed by atoms with van der Waals surface area (Å²) >= 11 is 9.49. The molecule has 1 aromatic heterocycles. The first-order valence-electron chi connectivity index (χ1n) is 5.53. The van der Waals surface area contributed by atoms with Gasteiger partial charge in [-0.15, -0.1) is 0 Å². The molecule has 0 aliphatic heterocycles. The Balaban J connectivity index is 2.35. The third-order valence-electron chi connectivity index (χ3n) is 2.49. The number of nitrogens with one attached hydrogen (secondary N) is 1. The molecule has 0 unspecified atom stereocenters. The second-order valence-corrected chi connectivity index (χ2v) is 5.02. The first kappa shape index (κ1) is 14.6. The molecule has 0 bridgehead atoms. The van der Waals surface area contributed by atoms with Crippen LogP contribution in [0.2, 0.25) is 5.02 Å². The lowest BCUT2D eigenvalue weighted by Crippen LogP contribution is -2.12. The first-order valence-corrected chi connectivity index (χ1v) is 6.70. The quantitative estimate of drug-likeness (QED) is 0.648. The van der Waals surface area contributed by atoms with Crippen LogP contribution in [0.3, 0.4) is 0 Å². The molecule has 0 aliphatic carbocycles. The Bertz CT molecular complexity index is 664. The van der Waals surface area contributed by atoms with Crippen LogP contribution in [-0.2, 0) is 0 Å². The van der Waals surface area contributed by atoms with Crippen molar-refractivity contribution in [1.29, 1.82) is 5.41 Å². The van der Waals surface area contributed by atoms with E-state index in [4.69, 9.17) is 32.2 Å². The third kappa shape index (κ3) is 3.02. The normalized spacial score (nSPS) is 10.2. The zero-order chi connectivity index (χ0) is 14.7. The highest BCUT2D eigenvalue weighted by Crippen LogP contribution is 2.35. The van der Waals surface area contributed by atoms with Crippen LogP contribution in [0.5, 0.6) is 17.4 Å². The molecule has 7 heteroatoms. The predicted octanol–water partition coefficient (Wildman–Crippen LogP) is 3.58. The smallest absolute Gasteiger partial charge is 0.238 e. The van der Waals surface area contributed by atoms with E-state index in [-0.39, 0.29) is 16.7 Å². The minimum absolute atomic E-state index is 0.143. The molecule has 2 aromatic rings. The molecule has 1 heterocycles. The lowest BCUT2D eigenvalue weighted by Gasteiger charge is -2.11. The summed E-state index contributed by atoms with van der Waals surface area (Å²) in [6.45, 7) is 0. The number of hydrogen-bond donors (Lipinski definition) is 2. The number of ether oxygens (including phenoxy) is 2.